The Labute approximate surface area is 165 Å². The van der Waals surface area contributed by atoms with Crippen LogP contribution in [-0.4, -0.2) is 22.6 Å². The van der Waals surface area contributed by atoms with E-state index < -0.39 is 0 Å². The van der Waals surface area contributed by atoms with E-state index in [1.165, 1.54) is 60.9 Å². The fourth-order valence-electron chi connectivity index (χ4n) is 5.31. The normalized spacial score (nSPS) is 24.7. The highest BCUT2D eigenvalue weighted by atomic mass is 19.1. The SMILES string of the molecule is Fc1ccc(-c2[nH]cc(C3CCCC4CCCNC43)c2-c2ccncc2)cc1. The molecule has 4 heteroatoms. The van der Waals surface area contributed by atoms with E-state index in [1.54, 1.807) is 0 Å². The number of nitrogens with one attached hydrogen (secondary N) is 2. The van der Waals surface area contributed by atoms with Crippen molar-refractivity contribution in [2.45, 2.75) is 44.1 Å². The van der Waals surface area contributed by atoms with Crippen LogP contribution >= 0.6 is 0 Å². The molecule has 3 unspecified atom stereocenters. The lowest BCUT2D eigenvalue weighted by Gasteiger charge is -2.42. The third kappa shape index (κ3) is 3.16. The minimum Gasteiger partial charge on any atom is -0.360 e. The molecule has 1 saturated heterocycles. The largest absolute Gasteiger partial charge is 0.360 e. The van der Waals surface area contributed by atoms with E-state index in [0.717, 1.165) is 23.7 Å². The third-order valence-electron chi connectivity index (χ3n) is 6.58. The minimum atomic E-state index is -0.206. The van der Waals surface area contributed by atoms with Gasteiger partial charge in [-0.1, -0.05) is 6.42 Å². The molecule has 2 fully saturated rings. The maximum absolute atomic E-state index is 13.5. The van der Waals surface area contributed by atoms with Crippen LogP contribution in [0.25, 0.3) is 22.4 Å². The highest BCUT2D eigenvalue weighted by Crippen LogP contribution is 2.45. The summed E-state index contributed by atoms with van der Waals surface area (Å²) in [7, 11) is 0. The number of aromatic nitrogens is 2. The van der Waals surface area contributed by atoms with E-state index in [9.17, 15) is 4.39 Å². The Kier molecular flexibility index (Phi) is 4.73. The minimum absolute atomic E-state index is 0.206. The predicted octanol–water partition coefficient (Wildman–Crippen LogP) is 5.52. The first-order valence-corrected chi connectivity index (χ1v) is 10.4. The van der Waals surface area contributed by atoms with Gasteiger partial charge < -0.3 is 10.3 Å². The van der Waals surface area contributed by atoms with Gasteiger partial charge in [-0.15, -0.1) is 0 Å². The fourth-order valence-corrected chi connectivity index (χ4v) is 5.31. The van der Waals surface area contributed by atoms with Crippen molar-refractivity contribution in [1.29, 1.82) is 0 Å². The second-order valence-electron chi connectivity index (χ2n) is 8.16. The first kappa shape index (κ1) is 17.6. The Morgan fingerprint density at radius 3 is 2.50 bits per heavy atom. The molecule has 1 aliphatic heterocycles. The van der Waals surface area contributed by atoms with Crippen LogP contribution in [-0.2, 0) is 0 Å². The number of halogens is 1. The molecule has 0 amide bonds. The van der Waals surface area contributed by atoms with Crippen LogP contribution in [0.2, 0.25) is 0 Å². The highest BCUT2D eigenvalue weighted by molar-refractivity contribution is 5.84. The van der Waals surface area contributed by atoms with Crippen molar-refractivity contribution in [1.82, 2.24) is 15.3 Å². The number of hydrogen-bond donors (Lipinski definition) is 2. The van der Waals surface area contributed by atoms with Gasteiger partial charge in [-0.3, -0.25) is 4.98 Å². The molecule has 2 aliphatic rings. The second kappa shape index (κ2) is 7.51. The molecule has 1 saturated carbocycles. The third-order valence-corrected chi connectivity index (χ3v) is 6.58. The molecule has 5 rings (SSSR count). The van der Waals surface area contributed by atoms with Crippen molar-refractivity contribution in [3.8, 4) is 22.4 Å². The Morgan fingerprint density at radius 1 is 0.893 bits per heavy atom. The number of rotatable bonds is 3. The van der Waals surface area contributed by atoms with E-state index in [-0.39, 0.29) is 5.82 Å². The fraction of sp³-hybridized carbons (Fsp3) is 0.375. The number of fused-ring (bicyclic) bond motifs is 1. The van der Waals surface area contributed by atoms with E-state index in [0.29, 0.717) is 12.0 Å². The monoisotopic (exact) mass is 375 g/mol. The summed E-state index contributed by atoms with van der Waals surface area (Å²) < 4.78 is 13.5. The molecule has 2 aromatic heterocycles. The summed E-state index contributed by atoms with van der Waals surface area (Å²) in [6, 6.07) is 11.5. The van der Waals surface area contributed by atoms with E-state index in [2.05, 4.69) is 33.6 Å². The summed E-state index contributed by atoms with van der Waals surface area (Å²) in [4.78, 5) is 7.74. The summed E-state index contributed by atoms with van der Waals surface area (Å²) >= 11 is 0. The lowest BCUT2D eigenvalue weighted by Crippen LogP contribution is -2.47. The first-order chi connectivity index (χ1) is 13.8. The van der Waals surface area contributed by atoms with Gasteiger partial charge in [-0.05, 0) is 91.2 Å². The van der Waals surface area contributed by atoms with Crippen molar-refractivity contribution in [2.75, 3.05) is 6.54 Å². The molecule has 0 radical (unpaired) electrons. The molecule has 3 heterocycles. The quantitative estimate of drug-likeness (QED) is 0.633. The molecule has 1 aliphatic carbocycles. The van der Waals surface area contributed by atoms with Crippen LogP contribution in [0.3, 0.4) is 0 Å². The van der Waals surface area contributed by atoms with Crippen molar-refractivity contribution in [3.05, 3.63) is 66.4 Å². The van der Waals surface area contributed by atoms with Gasteiger partial charge >= 0.3 is 0 Å². The standard InChI is InChI=1S/C24H26FN3/c25-19-8-6-18(7-9-19)24-22(16-10-13-26-14-11-16)21(15-28-24)20-5-1-3-17-4-2-12-27-23(17)20/h6-11,13-15,17,20,23,27-28H,1-5,12H2. The molecular weight excluding hydrogens is 349 g/mol. The number of benzene rings is 1. The van der Waals surface area contributed by atoms with Gasteiger partial charge in [-0.2, -0.15) is 0 Å². The predicted molar refractivity (Wildman–Crippen MR) is 111 cm³/mol. The smallest absolute Gasteiger partial charge is 0.123 e. The van der Waals surface area contributed by atoms with Gasteiger partial charge in [0.2, 0.25) is 0 Å². The van der Waals surface area contributed by atoms with Gasteiger partial charge in [0.15, 0.2) is 0 Å². The molecule has 2 N–H and O–H groups in total. The van der Waals surface area contributed by atoms with Crippen LogP contribution in [0, 0.1) is 11.7 Å². The number of hydrogen-bond acceptors (Lipinski definition) is 2. The van der Waals surface area contributed by atoms with Gasteiger partial charge in [0.1, 0.15) is 5.82 Å². The van der Waals surface area contributed by atoms with E-state index >= 15 is 0 Å². The summed E-state index contributed by atoms with van der Waals surface area (Å²) in [6.07, 6.45) is 12.4. The molecule has 3 atom stereocenters. The van der Waals surface area contributed by atoms with Crippen molar-refractivity contribution < 1.29 is 4.39 Å². The average Bonchev–Trinajstić information content (AvgIpc) is 3.19. The van der Waals surface area contributed by atoms with Gasteiger partial charge in [0.05, 0.1) is 5.69 Å². The molecule has 144 valence electrons. The molecular formula is C24H26FN3. The molecule has 0 spiro atoms. The van der Waals surface area contributed by atoms with Crippen molar-refractivity contribution in [3.63, 3.8) is 0 Å². The van der Waals surface area contributed by atoms with Crippen LogP contribution < -0.4 is 5.32 Å². The molecule has 28 heavy (non-hydrogen) atoms. The molecule has 0 bridgehead atoms. The number of piperidine rings is 1. The number of H-pyrrole nitrogens is 1. The Balaban J connectivity index is 1.63. The Bertz CT molecular complexity index is 930. The van der Waals surface area contributed by atoms with Gasteiger partial charge in [0, 0.05) is 36.1 Å². The first-order valence-electron chi connectivity index (χ1n) is 10.4. The highest BCUT2D eigenvalue weighted by Gasteiger charge is 2.37. The van der Waals surface area contributed by atoms with Crippen LogP contribution in [0.5, 0.6) is 0 Å². The van der Waals surface area contributed by atoms with E-state index in [1.807, 2.05) is 24.5 Å². The molecule has 3 aromatic rings. The second-order valence-corrected chi connectivity index (χ2v) is 8.16. The Morgan fingerprint density at radius 2 is 1.68 bits per heavy atom. The summed E-state index contributed by atoms with van der Waals surface area (Å²) in [5.74, 6) is 1.08. The summed E-state index contributed by atoms with van der Waals surface area (Å²) in [5.41, 5.74) is 5.88. The van der Waals surface area contributed by atoms with Gasteiger partial charge in [-0.25, -0.2) is 4.39 Å². The Hall–Kier alpha value is -2.46. The maximum atomic E-state index is 13.5. The number of aromatic amines is 1. The zero-order chi connectivity index (χ0) is 18.9. The maximum Gasteiger partial charge on any atom is 0.123 e. The summed E-state index contributed by atoms with van der Waals surface area (Å²) in [5, 5.41) is 3.83. The molecule has 1 aromatic carbocycles. The van der Waals surface area contributed by atoms with Crippen LogP contribution in [0.4, 0.5) is 4.39 Å². The van der Waals surface area contributed by atoms with E-state index in [4.69, 9.17) is 0 Å². The van der Waals surface area contributed by atoms with Crippen molar-refractivity contribution in [2.24, 2.45) is 5.92 Å². The zero-order valence-corrected chi connectivity index (χ0v) is 16.0. The van der Waals surface area contributed by atoms with Crippen LogP contribution in [0.15, 0.2) is 55.0 Å². The lowest BCUT2D eigenvalue weighted by atomic mass is 9.70. The summed E-state index contributed by atoms with van der Waals surface area (Å²) in [6.45, 7) is 1.12. The number of nitrogens with zero attached hydrogens (tertiary/aromatic N) is 1. The molecule has 3 nitrogen and oxygen atoms in total. The van der Waals surface area contributed by atoms with Gasteiger partial charge in [0.25, 0.3) is 0 Å². The topological polar surface area (TPSA) is 40.7 Å². The zero-order valence-electron chi connectivity index (χ0n) is 16.0. The number of pyridine rings is 1. The van der Waals surface area contributed by atoms with Crippen molar-refractivity contribution >= 4 is 0 Å². The van der Waals surface area contributed by atoms with Crippen LogP contribution in [0.1, 0.15) is 43.6 Å². The average molecular weight is 375 g/mol. The lowest BCUT2D eigenvalue weighted by molar-refractivity contribution is 0.186.